The Morgan fingerprint density at radius 3 is 2.10 bits per heavy atom. The van der Waals surface area contributed by atoms with Gasteiger partial charge in [0.25, 0.3) is 0 Å². The number of hydrogen-bond acceptors (Lipinski definition) is 1. The minimum absolute atomic E-state index is 0.389. The first-order valence-electron chi connectivity index (χ1n) is 9.03. The highest BCUT2D eigenvalue weighted by Crippen LogP contribution is 2.49. The van der Waals surface area contributed by atoms with Crippen LogP contribution in [0.2, 0.25) is 5.82 Å². The molecule has 0 aromatic rings. The Morgan fingerprint density at radius 1 is 0.700 bits per heavy atom. The lowest BCUT2D eigenvalue weighted by Crippen LogP contribution is -2.23. The Kier molecular flexibility index (Phi) is 4.89. The summed E-state index contributed by atoms with van der Waals surface area (Å²) in [5, 5.41) is 0. The lowest BCUT2D eigenvalue weighted by Gasteiger charge is -2.29. The number of Topliss-reactive ketones (excluding diaryl/α,β-unsaturated/α-hetero) is 1. The monoisotopic (exact) mass is 272 g/mol. The van der Waals surface area contributed by atoms with E-state index in [2.05, 4.69) is 0 Å². The lowest BCUT2D eigenvalue weighted by atomic mass is 9.68. The fourth-order valence-corrected chi connectivity index (χ4v) is 5.10. The van der Waals surface area contributed by atoms with Crippen molar-refractivity contribution in [3.8, 4) is 0 Å². The molecule has 0 aromatic heterocycles. The molecule has 3 rings (SSSR count). The van der Waals surface area contributed by atoms with Gasteiger partial charge in [-0.2, -0.15) is 0 Å². The minimum atomic E-state index is 0.389. The first-order chi connectivity index (χ1) is 9.74. The molecule has 2 heteroatoms. The Hall–Kier alpha value is -0.265. The van der Waals surface area contributed by atoms with E-state index in [9.17, 15) is 4.79 Å². The Balaban J connectivity index is 1.57. The first-order valence-corrected chi connectivity index (χ1v) is 9.03. The molecule has 3 saturated carbocycles. The Morgan fingerprint density at radius 2 is 1.35 bits per heavy atom. The van der Waals surface area contributed by atoms with Gasteiger partial charge in [0.1, 0.15) is 5.78 Å². The van der Waals surface area contributed by atoms with Crippen LogP contribution < -0.4 is 0 Å². The van der Waals surface area contributed by atoms with Crippen molar-refractivity contribution in [3.63, 3.8) is 0 Å². The Bertz CT molecular complexity index is 332. The van der Waals surface area contributed by atoms with Crippen molar-refractivity contribution < 1.29 is 4.79 Å². The normalized spacial score (nSPS) is 39.8. The van der Waals surface area contributed by atoms with E-state index in [0.29, 0.717) is 23.4 Å². The topological polar surface area (TPSA) is 17.1 Å². The third-order valence-electron chi connectivity index (χ3n) is 6.26. The van der Waals surface area contributed by atoms with E-state index in [1.807, 2.05) is 0 Å². The molecule has 0 spiro atoms. The number of hydrogen-bond donors (Lipinski definition) is 0. The lowest BCUT2D eigenvalue weighted by molar-refractivity contribution is -0.127. The summed E-state index contributed by atoms with van der Waals surface area (Å²) in [6.07, 6.45) is 15.0. The molecule has 0 saturated heterocycles. The number of rotatable bonds is 2. The zero-order valence-corrected chi connectivity index (χ0v) is 12.9. The summed E-state index contributed by atoms with van der Waals surface area (Å²) in [5.74, 6) is 3.41. The molecule has 0 bridgehead atoms. The average molecular weight is 272 g/mol. The van der Waals surface area contributed by atoms with Gasteiger partial charge in [0, 0.05) is 11.8 Å². The van der Waals surface area contributed by atoms with E-state index in [1.165, 1.54) is 70.6 Å². The number of ketones is 1. The van der Waals surface area contributed by atoms with Crippen LogP contribution in [-0.4, -0.2) is 13.6 Å². The molecule has 3 aliphatic rings. The third-order valence-corrected chi connectivity index (χ3v) is 6.26. The number of fused-ring (bicyclic) bond motifs is 1. The van der Waals surface area contributed by atoms with Crippen molar-refractivity contribution in [1.29, 1.82) is 0 Å². The smallest absolute Gasteiger partial charge is 0.139 e. The summed E-state index contributed by atoms with van der Waals surface area (Å²) in [5.41, 5.74) is 0. The molecule has 3 aliphatic carbocycles. The quantitative estimate of drug-likeness (QED) is 0.666. The van der Waals surface area contributed by atoms with Crippen LogP contribution in [0.15, 0.2) is 0 Å². The zero-order chi connectivity index (χ0) is 13.9. The van der Waals surface area contributed by atoms with Crippen molar-refractivity contribution in [3.05, 3.63) is 0 Å². The van der Waals surface area contributed by atoms with E-state index in [-0.39, 0.29) is 0 Å². The number of carbonyl (C=O) groups excluding carboxylic acids is 1. The third kappa shape index (κ3) is 3.31. The van der Waals surface area contributed by atoms with Gasteiger partial charge in [0.2, 0.25) is 0 Å². The number of carbonyl (C=O) groups is 1. The summed E-state index contributed by atoms with van der Waals surface area (Å²) in [6.45, 7) is 0. The summed E-state index contributed by atoms with van der Waals surface area (Å²) in [6, 6.07) is 0. The molecular formula is C18H29BO. The largest absolute Gasteiger partial charge is 0.299 e. The van der Waals surface area contributed by atoms with E-state index in [4.69, 9.17) is 7.85 Å². The van der Waals surface area contributed by atoms with Gasteiger partial charge in [0.15, 0.2) is 0 Å². The molecule has 0 aliphatic heterocycles. The summed E-state index contributed by atoms with van der Waals surface area (Å²) in [7, 11) is 6.11. The highest BCUT2D eigenvalue weighted by molar-refractivity contribution is 6.11. The summed E-state index contributed by atoms with van der Waals surface area (Å²) < 4.78 is 0. The molecule has 0 N–H and O–H groups in total. The van der Waals surface area contributed by atoms with Gasteiger partial charge in [0.05, 0.1) is 7.85 Å². The van der Waals surface area contributed by atoms with Gasteiger partial charge < -0.3 is 0 Å². The highest BCUT2D eigenvalue weighted by atomic mass is 16.1. The SMILES string of the molecule is [B]C1CCC2CC(C(=O)C3CCCCCCC3)CC2C1. The fraction of sp³-hybridized carbons (Fsp3) is 0.944. The predicted octanol–water partition coefficient (Wildman–Crippen LogP) is 4.70. The van der Waals surface area contributed by atoms with Gasteiger partial charge in [-0.25, -0.2) is 0 Å². The second-order valence-corrected chi connectivity index (χ2v) is 7.71. The maximum Gasteiger partial charge on any atom is 0.139 e. The van der Waals surface area contributed by atoms with Crippen LogP contribution in [0.3, 0.4) is 0 Å². The summed E-state index contributed by atoms with van der Waals surface area (Å²) >= 11 is 0. The second kappa shape index (κ2) is 6.66. The van der Waals surface area contributed by atoms with Crippen LogP contribution in [0.5, 0.6) is 0 Å². The van der Waals surface area contributed by atoms with Crippen LogP contribution >= 0.6 is 0 Å². The minimum Gasteiger partial charge on any atom is -0.299 e. The molecule has 110 valence electrons. The summed E-state index contributed by atoms with van der Waals surface area (Å²) in [4.78, 5) is 12.9. The maximum atomic E-state index is 12.9. The molecule has 2 radical (unpaired) electrons. The van der Waals surface area contributed by atoms with Crippen molar-refractivity contribution in [2.24, 2.45) is 23.7 Å². The zero-order valence-electron chi connectivity index (χ0n) is 12.9. The van der Waals surface area contributed by atoms with Crippen molar-refractivity contribution in [1.82, 2.24) is 0 Å². The van der Waals surface area contributed by atoms with Crippen LogP contribution in [0.4, 0.5) is 0 Å². The van der Waals surface area contributed by atoms with Crippen molar-refractivity contribution >= 4 is 13.6 Å². The predicted molar refractivity (Wildman–Crippen MR) is 83.9 cm³/mol. The molecule has 3 fully saturated rings. The molecule has 0 heterocycles. The average Bonchev–Trinajstić information content (AvgIpc) is 2.80. The van der Waals surface area contributed by atoms with Crippen LogP contribution in [-0.2, 0) is 4.79 Å². The van der Waals surface area contributed by atoms with Gasteiger partial charge >= 0.3 is 0 Å². The highest BCUT2D eigenvalue weighted by Gasteiger charge is 2.41. The molecular weight excluding hydrogens is 243 g/mol. The molecule has 0 aromatic carbocycles. The van der Waals surface area contributed by atoms with Crippen LogP contribution in [0.25, 0.3) is 0 Å². The van der Waals surface area contributed by atoms with Gasteiger partial charge in [-0.1, -0.05) is 57.2 Å². The van der Waals surface area contributed by atoms with E-state index in [0.717, 1.165) is 18.3 Å². The first kappa shape index (κ1) is 14.7. The molecule has 1 nitrogen and oxygen atoms in total. The second-order valence-electron chi connectivity index (χ2n) is 7.71. The van der Waals surface area contributed by atoms with E-state index < -0.39 is 0 Å². The van der Waals surface area contributed by atoms with Crippen LogP contribution in [0.1, 0.15) is 77.0 Å². The van der Waals surface area contributed by atoms with Gasteiger partial charge in [-0.15, -0.1) is 0 Å². The fourth-order valence-electron chi connectivity index (χ4n) is 5.10. The van der Waals surface area contributed by atoms with Crippen LogP contribution in [0, 0.1) is 23.7 Å². The maximum absolute atomic E-state index is 12.9. The molecule has 20 heavy (non-hydrogen) atoms. The molecule has 0 amide bonds. The van der Waals surface area contributed by atoms with E-state index in [1.54, 1.807) is 0 Å². The van der Waals surface area contributed by atoms with Gasteiger partial charge in [-0.05, 0) is 37.5 Å². The van der Waals surface area contributed by atoms with Gasteiger partial charge in [-0.3, -0.25) is 4.79 Å². The standard InChI is InChI=1S/C18H29BO/c19-17-9-8-14-10-16(11-15(14)12-17)18(20)13-6-4-2-1-3-5-7-13/h13-17H,1-12H2. The van der Waals surface area contributed by atoms with Crippen molar-refractivity contribution in [2.45, 2.75) is 82.9 Å². The van der Waals surface area contributed by atoms with Crippen molar-refractivity contribution in [2.75, 3.05) is 0 Å². The Labute approximate surface area is 125 Å². The molecule has 4 atom stereocenters. The van der Waals surface area contributed by atoms with E-state index >= 15 is 0 Å². The molecule has 4 unspecified atom stereocenters.